The smallest absolute Gasteiger partial charge is 0.0698 e. The van der Waals surface area contributed by atoms with Gasteiger partial charge >= 0.3 is 0 Å². The molecule has 0 aromatic rings. The van der Waals surface area contributed by atoms with Crippen LogP contribution in [0, 0.1) is 17.8 Å². The van der Waals surface area contributed by atoms with Crippen molar-refractivity contribution >= 4 is 0 Å². The number of nitrogens with zero attached hydrogens (tertiary/aromatic N) is 2. The molecule has 27 heavy (non-hydrogen) atoms. The fourth-order valence-electron chi connectivity index (χ4n) is 5.05. The molecule has 0 aromatic heterocycles. The largest absolute Gasteiger partial charge is 0.391 e. The van der Waals surface area contributed by atoms with Crippen LogP contribution in [0.25, 0.3) is 0 Å². The second kappa shape index (κ2) is 11.1. The zero-order chi connectivity index (χ0) is 20.0. The fraction of sp³-hybridized carbons (Fsp3) is 1.00. The Labute approximate surface area is 167 Å². The first-order chi connectivity index (χ1) is 12.8. The number of rotatable bonds is 11. The molecule has 3 unspecified atom stereocenters. The Bertz CT molecular complexity index is 418. The van der Waals surface area contributed by atoms with Gasteiger partial charge in [0.2, 0.25) is 0 Å². The molecular formula is C22H44N2O3. The van der Waals surface area contributed by atoms with Gasteiger partial charge in [0.15, 0.2) is 0 Å². The van der Waals surface area contributed by atoms with Crippen LogP contribution < -0.4 is 0 Å². The number of ether oxygens (including phenoxy) is 1. The summed E-state index contributed by atoms with van der Waals surface area (Å²) in [5, 5.41) is 20.7. The SMILES string of the molecule is CC(C)CN(CCOCC1C[C@@H](O)[C@H](N(C)CC(C)C)C1)C1CCCC1O. The predicted molar refractivity (Wildman–Crippen MR) is 111 cm³/mol. The molecule has 2 rings (SSSR count). The molecule has 0 bridgehead atoms. The maximum Gasteiger partial charge on any atom is 0.0698 e. The molecule has 0 amide bonds. The van der Waals surface area contributed by atoms with Crippen molar-refractivity contribution in [2.45, 2.75) is 84.1 Å². The molecule has 0 saturated heterocycles. The third kappa shape index (κ3) is 7.28. The van der Waals surface area contributed by atoms with Crippen LogP contribution in [0.4, 0.5) is 0 Å². The number of aliphatic hydroxyl groups excluding tert-OH is 2. The van der Waals surface area contributed by atoms with Gasteiger partial charge < -0.3 is 19.8 Å². The lowest BCUT2D eigenvalue weighted by atomic mass is 10.1. The highest BCUT2D eigenvalue weighted by atomic mass is 16.5. The summed E-state index contributed by atoms with van der Waals surface area (Å²) in [4.78, 5) is 4.76. The van der Waals surface area contributed by atoms with Gasteiger partial charge in [0.05, 0.1) is 18.8 Å². The van der Waals surface area contributed by atoms with Crippen LogP contribution in [0.1, 0.15) is 59.8 Å². The Hall–Kier alpha value is -0.200. The van der Waals surface area contributed by atoms with Crippen molar-refractivity contribution in [3.05, 3.63) is 0 Å². The summed E-state index contributed by atoms with van der Waals surface area (Å²) in [5.74, 6) is 1.67. The summed E-state index contributed by atoms with van der Waals surface area (Å²) in [5.41, 5.74) is 0. The van der Waals surface area contributed by atoms with Crippen LogP contribution in [0.3, 0.4) is 0 Å². The first-order valence-corrected chi connectivity index (χ1v) is 11.2. The lowest BCUT2D eigenvalue weighted by Crippen LogP contribution is -2.44. The van der Waals surface area contributed by atoms with E-state index in [9.17, 15) is 10.2 Å². The minimum atomic E-state index is -0.228. The van der Waals surface area contributed by atoms with Crippen molar-refractivity contribution in [2.75, 3.05) is 39.9 Å². The van der Waals surface area contributed by atoms with E-state index in [1.165, 1.54) is 0 Å². The van der Waals surface area contributed by atoms with E-state index in [0.29, 0.717) is 23.8 Å². The molecule has 5 atom stereocenters. The second-order valence-corrected chi connectivity index (χ2v) is 9.83. The minimum Gasteiger partial charge on any atom is -0.391 e. The number of hydrogen-bond acceptors (Lipinski definition) is 5. The molecule has 2 N–H and O–H groups in total. The van der Waals surface area contributed by atoms with E-state index < -0.39 is 0 Å². The lowest BCUT2D eigenvalue weighted by molar-refractivity contribution is 0.0276. The maximum atomic E-state index is 10.4. The molecule has 2 aliphatic carbocycles. The monoisotopic (exact) mass is 384 g/mol. The van der Waals surface area contributed by atoms with Crippen molar-refractivity contribution < 1.29 is 14.9 Å². The predicted octanol–water partition coefficient (Wildman–Crippen LogP) is 2.60. The summed E-state index contributed by atoms with van der Waals surface area (Å²) in [6.45, 7) is 13.3. The van der Waals surface area contributed by atoms with Gasteiger partial charge in [0, 0.05) is 38.3 Å². The molecule has 160 valence electrons. The zero-order valence-electron chi connectivity index (χ0n) is 18.3. The van der Waals surface area contributed by atoms with E-state index in [2.05, 4.69) is 44.5 Å². The van der Waals surface area contributed by atoms with E-state index in [0.717, 1.165) is 65.0 Å². The summed E-state index contributed by atoms with van der Waals surface area (Å²) in [6.07, 6.45) is 4.65. The topological polar surface area (TPSA) is 56.2 Å². The van der Waals surface area contributed by atoms with Crippen LogP contribution in [-0.2, 0) is 4.74 Å². The average Bonchev–Trinajstić information content (AvgIpc) is 3.15. The van der Waals surface area contributed by atoms with Crippen LogP contribution >= 0.6 is 0 Å². The van der Waals surface area contributed by atoms with E-state index >= 15 is 0 Å². The zero-order valence-corrected chi connectivity index (χ0v) is 18.3. The maximum absolute atomic E-state index is 10.4. The molecule has 2 fully saturated rings. The molecule has 0 heterocycles. The number of hydrogen-bond donors (Lipinski definition) is 2. The third-order valence-corrected chi connectivity index (χ3v) is 6.20. The van der Waals surface area contributed by atoms with Crippen LogP contribution in [0.2, 0.25) is 0 Å². The molecule has 2 aliphatic rings. The van der Waals surface area contributed by atoms with Crippen molar-refractivity contribution in [3.8, 4) is 0 Å². The quantitative estimate of drug-likeness (QED) is 0.536. The van der Waals surface area contributed by atoms with Crippen molar-refractivity contribution in [3.63, 3.8) is 0 Å². The molecule has 0 aliphatic heterocycles. The van der Waals surface area contributed by atoms with Crippen molar-refractivity contribution in [1.29, 1.82) is 0 Å². The van der Waals surface area contributed by atoms with E-state index in [1.54, 1.807) is 0 Å². The first kappa shape index (κ1) is 23.1. The van der Waals surface area contributed by atoms with Gasteiger partial charge in [0.1, 0.15) is 0 Å². The van der Waals surface area contributed by atoms with Gasteiger partial charge in [-0.05, 0) is 56.9 Å². The van der Waals surface area contributed by atoms with Crippen molar-refractivity contribution in [1.82, 2.24) is 9.80 Å². The van der Waals surface area contributed by atoms with Gasteiger partial charge in [-0.15, -0.1) is 0 Å². The van der Waals surface area contributed by atoms with E-state index in [4.69, 9.17) is 4.74 Å². The minimum absolute atomic E-state index is 0.175. The summed E-state index contributed by atoms with van der Waals surface area (Å²) in [6, 6.07) is 0.574. The van der Waals surface area contributed by atoms with Gasteiger partial charge in [-0.1, -0.05) is 27.7 Å². The third-order valence-electron chi connectivity index (χ3n) is 6.20. The first-order valence-electron chi connectivity index (χ1n) is 11.2. The van der Waals surface area contributed by atoms with Crippen LogP contribution in [0.15, 0.2) is 0 Å². The van der Waals surface area contributed by atoms with Gasteiger partial charge in [0.25, 0.3) is 0 Å². The molecule has 5 heteroatoms. The molecule has 0 spiro atoms. The molecule has 0 radical (unpaired) electrons. The van der Waals surface area contributed by atoms with Gasteiger partial charge in [-0.25, -0.2) is 0 Å². The summed E-state index contributed by atoms with van der Waals surface area (Å²) < 4.78 is 6.03. The van der Waals surface area contributed by atoms with Crippen molar-refractivity contribution in [2.24, 2.45) is 17.8 Å². The van der Waals surface area contributed by atoms with Crippen LogP contribution in [-0.4, -0.2) is 84.2 Å². The highest BCUT2D eigenvalue weighted by Crippen LogP contribution is 2.30. The number of likely N-dealkylation sites (N-methyl/N-ethyl adjacent to an activating group) is 1. The Morgan fingerprint density at radius 1 is 0.926 bits per heavy atom. The Balaban J connectivity index is 1.72. The second-order valence-electron chi connectivity index (χ2n) is 9.83. The Kier molecular flexibility index (Phi) is 9.49. The lowest BCUT2D eigenvalue weighted by Gasteiger charge is -2.32. The Morgan fingerprint density at radius 3 is 2.22 bits per heavy atom. The molecule has 2 saturated carbocycles. The number of aliphatic hydroxyl groups is 2. The van der Waals surface area contributed by atoms with Gasteiger partial charge in [-0.2, -0.15) is 0 Å². The standard InChI is InChI=1S/C22H44N2O3/c1-16(2)13-23(5)20-11-18(12-22(20)26)15-27-10-9-24(14-17(3)4)19-7-6-8-21(19)25/h16-22,25-26H,6-15H2,1-5H3/t18?,19?,20-,21?,22-/m1/s1. The fourth-order valence-corrected chi connectivity index (χ4v) is 5.05. The summed E-state index contributed by atoms with van der Waals surface area (Å²) >= 11 is 0. The summed E-state index contributed by atoms with van der Waals surface area (Å²) in [7, 11) is 2.13. The Morgan fingerprint density at radius 2 is 1.63 bits per heavy atom. The molecule has 5 nitrogen and oxygen atoms in total. The molecule has 0 aromatic carbocycles. The van der Waals surface area contributed by atoms with Gasteiger partial charge in [-0.3, -0.25) is 4.90 Å². The average molecular weight is 385 g/mol. The highest BCUT2D eigenvalue weighted by molar-refractivity contribution is 4.89. The van der Waals surface area contributed by atoms with E-state index in [-0.39, 0.29) is 18.2 Å². The highest BCUT2D eigenvalue weighted by Gasteiger charge is 2.35. The molecular weight excluding hydrogens is 340 g/mol. The normalized spacial score (nSPS) is 31.9. The van der Waals surface area contributed by atoms with Crippen LogP contribution in [0.5, 0.6) is 0 Å². The van der Waals surface area contributed by atoms with E-state index in [1.807, 2.05) is 0 Å².